The van der Waals surface area contributed by atoms with E-state index in [4.69, 9.17) is 36.8 Å². The van der Waals surface area contributed by atoms with Crippen LogP contribution in [0, 0.1) is 0 Å². The number of nitrogens with zero attached hydrogens (tertiary/aromatic N) is 9. The lowest BCUT2D eigenvalue weighted by atomic mass is 9.92. The van der Waals surface area contributed by atoms with Gasteiger partial charge in [0.1, 0.15) is 0 Å². The average Bonchev–Trinajstić information content (AvgIpc) is 0.738. The summed E-state index contributed by atoms with van der Waals surface area (Å²) in [4.78, 5) is 43.6. The van der Waals surface area contributed by atoms with Crippen LogP contribution >= 0.6 is 0 Å². The number of fused-ring (bicyclic) bond motifs is 12. The highest BCUT2D eigenvalue weighted by atomic mass is 14.9. The highest BCUT2D eigenvalue weighted by Crippen LogP contribution is 2.44. The molecule has 0 spiro atoms. The van der Waals surface area contributed by atoms with Crippen LogP contribution in [0.3, 0.4) is 0 Å². The van der Waals surface area contributed by atoms with Crippen LogP contribution in [0.15, 0.2) is 541 Å². The minimum absolute atomic E-state index is 0.0438. The molecule has 682 valence electrons. The molecule has 146 heavy (non-hydrogen) atoms. The SMILES string of the molecule is [2H]c1c([2H])c([2H])c(-c2nc(-c3cccc(-c4cccnc4)c3)cc(-c3cccc(-c4cccc5ccccc45)c3)n2)c([2H])c1[2H].c1cncc(-c2ccc(-c3cc(-c4ccc(-c5cc6ccccc6c6ccccc56)cc4)nc(-c4cccc(-c5cccc6ccccc56)c4)n3)cc2)c1.c1cncc(-c2cccc(-c3cc(-c4cccc(-c5cccc6ccccc56)c4)nc(-c4ccc5c6ccccc6c6ccccc6c5c4)n3)c2)c1. The Balaban J connectivity index is 0.000000118. The molecule has 0 aliphatic heterocycles. The van der Waals surface area contributed by atoms with Crippen LogP contribution < -0.4 is 0 Å². The highest BCUT2D eigenvalue weighted by molar-refractivity contribution is 6.26. The van der Waals surface area contributed by atoms with Crippen LogP contribution in [0.4, 0.5) is 0 Å². The molecule has 0 radical (unpaired) electrons. The van der Waals surface area contributed by atoms with Gasteiger partial charge >= 0.3 is 0 Å². The first kappa shape index (κ1) is 82.3. The lowest BCUT2D eigenvalue weighted by molar-refractivity contribution is 1.18. The van der Waals surface area contributed by atoms with Gasteiger partial charge in [-0.1, -0.05) is 425 Å². The van der Waals surface area contributed by atoms with Crippen molar-refractivity contribution in [1.29, 1.82) is 0 Å². The largest absolute Gasteiger partial charge is 0.264 e. The molecule has 0 bridgehead atoms. The summed E-state index contributed by atoms with van der Waals surface area (Å²) in [7, 11) is 0. The zero-order chi connectivity index (χ0) is 101. The maximum atomic E-state index is 8.63. The van der Waals surface area contributed by atoms with E-state index in [-0.39, 0.29) is 23.5 Å². The highest BCUT2D eigenvalue weighted by Gasteiger charge is 2.22. The van der Waals surface area contributed by atoms with Gasteiger partial charge in [-0.25, -0.2) is 29.9 Å². The van der Waals surface area contributed by atoms with Crippen LogP contribution in [-0.4, -0.2) is 44.9 Å². The van der Waals surface area contributed by atoms with Gasteiger partial charge in [-0.05, 0) is 232 Å². The van der Waals surface area contributed by atoms with Crippen molar-refractivity contribution in [3.05, 3.63) is 541 Å². The summed E-state index contributed by atoms with van der Waals surface area (Å²) < 4.78 is 41.9. The predicted octanol–water partition coefficient (Wildman–Crippen LogP) is 35.5. The molecule has 27 aromatic rings. The number of pyridine rings is 3. The van der Waals surface area contributed by atoms with Crippen molar-refractivity contribution in [2.45, 2.75) is 0 Å². The van der Waals surface area contributed by atoms with Crippen LogP contribution in [0.2, 0.25) is 0 Å². The first-order chi connectivity index (χ1) is 74.4. The smallest absolute Gasteiger partial charge is 0.160 e. The zero-order valence-corrected chi connectivity index (χ0v) is 79.0. The van der Waals surface area contributed by atoms with Crippen molar-refractivity contribution in [3.63, 3.8) is 0 Å². The predicted molar refractivity (Wildman–Crippen MR) is 607 cm³/mol. The van der Waals surface area contributed by atoms with Crippen LogP contribution in [0.25, 0.3) is 266 Å². The second-order valence-corrected chi connectivity index (χ2v) is 36.3. The van der Waals surface area contributed by atoms with E-state index in [0.29, 0.717) is 23.0 Å². The summed E-state index contributed by atoms with van der Waals surface area (Å²) in [5.74, 6) is 1.43. The molecule has 0 fully saturated rings. The Labute approximate surface area is 852 Å². The molecule has 0 amide bonds. The molecule has 6 aromatic heterocycles. The number of aromatic nitrogens is 9. The van der Waals surface area contributed by atoms with E-state index in [2.05, 4.69) is 403 Å². The van der Waals surface area contributed by atoms with Crippen molar-refractivity contribution in [1.82, 2.24) is 44.9 Å². The fraction of sp³-hybridized carbons (Fsp3) is 0. The first-order valence-electron chi connectivity index (χ1n) is 51.3. The van der Waals surface area contributed by atoms with Gasteiger partial charge < -0.3 is 0 Å². The summed E-state index contributed by atoms with van der Waals surface area (Å²) in [6.45, 7) is 0. The first-order valence-corrected chi connectivity index (χ1v) is 48.8. The van der Waals surface area contributed by atoms with Gasteiger partial charge in [0.05, 0.1) is 41.0 Å². The topological polar surface area (TPSA) is 116 Å². The standard InChI is InChI=1S/C51H33N3.C49H31N3.C37H25N3/c1-3-16-43-35(10-1)12-8-20-44(43)39-13-7-14-41(30-39)51-53-49(37-25-21-34(22-26-37)42-15-9-29-52-33-42)32-50(54-51)38-27-23-36(24-28-38)48-31-40-11-2-4-17-45(40)46-18-5-6-19-47(46)48;1-2-18-39-32(11-1)12-9-23-40(39)34-14-8-16-36(28-34)48-30-47(35-15-7-13-33(27-35)38-17-10-26-50-31-38)51-49(52-48)37-24-25-45-43-21-4-3-19-41(43)42-20-5-6-22-44(42)46(45)29-37;1-2-11-27(12-3-1)37-39-35(30-16-6-14-28(22-30)32-18-9-21-38-25-32)24-36(40-37)31-17-7-15-29(23-31)34-20-8-13-26-10-4-5-19-33(26)34/h1-33H;1-31H;1-25H/i;;1D,2D,3D,11D,12D. The van der Waals surface area contributed by atoms with Gasteiger partial charge in [-0.15, -0.1) is 0 Å². The normalized spacial score (nSPS) is 11.8. The molecule has 0 saturated heterocycles. The number of benzene rings is 21. The van der Waals surface area contributed by atoms with Gasteiger partial charge in [0.15, 0.2) is 17.5 Å². The van der Waals surface area contributed by atoms with Crippen molar-refractivity contribution >= 4 is 86.2 Å². The van der Waals surface area contributed by atoms with E-state index < -0.39 is 18.1 Å². The van der Waals surface area contributed by atoms with E-state index in [9.17, 15) is 0 Å². The minimum atomic E-state index is -0.461. The average molecular weight is 1870 g/mol. The second kappa shape index (κ2) is 39.2. The van der Waals surface area contributed by atoms with Gasteiger partial charge in [0.25, 0.3) is 0 Å². The van der Waals surface area contributed by atoms with E-state index in [1.54, 1.807) is 24.8 Å². The molecule has 0 aliphatic carbocycles. The van der Waals surface area contributed by atoms with Crippen molar-refractivity contribution in [2.24, 2.45) is 0 Å². The Bertz CT molecular complexity index is 9890. The number of rotatable bonds is 16. The molecule has 27 rings (SSSR count). The number of hydrogen-bond acceptors (Lipinski definition) is 9. The Morgan fingerprint density at radius 3 is 0.829 bits per heavy atom. The Morgan fingerprint density at radius 2 is 0.411 bits per heavy atom. The monoisotopic (exact) mass is 1860 g/mol. The van der Waals surface area contributed by atoms with Crippen molar-refractivity contribution < 1.29 is 6.85 Å². The second-order valence-electron chi connectivity index (χ2n) is 36.3. The van der Waals surface area contributed by atoms with Crippen molar-refractivity contribution in [3.8, 4) is 180 Å². The summed E-state index contributed by atoms with van der Waals surface area (Å²) in [5.41, 5.74) is 27.6. The third kappa shape index (κ3) is 17.8. The summed E-state index contributed by atoms with van der Waals surface area (Å²) in [6, 6.07) is 163. The molecule has 0 saturated carbocycles. The Morgan fingerprint density at radius 1 is 0.137 bits per heavy atom. The fourth-order valence-corrected chi connectivity index (χ4v) is 20.2. The van der Waals surface area contributed by atoms with Crippen molar-refractivity contribution in [2.75, 3.05) is 0 Å². The fourth-order valence-electron chi connectivity index (χ4n) is 20.2. The maximum Gasteiger partial charge on any atom is 0.160 e. The van der Waals surface area contributed by atoms with E-state index in [0.717, 1.165) is 134 Å². The summed E-state index contributed by atoms with van der Waals surface area (Å²) in [6.07, 6.45) is 10.9. The molecule has 9 heteroatoms. The summed E-state index contributed by atoms with van der Waals surface area (Å²) >= 11 is 0. The van der Waals surface area contributed by atoms with Crippen LogP contribution in [-0.2, 0) is 0 Å². The lowest BCUT2D eigenvalue weighted by Crippen LogP contribution is -1.97. The lowest BCUT2D eigenvalue weighted by Gasteiger charge is -2.14. The third-order valence-corrected chi connectivity index (χ3v) is 27.4. The summed E-state index contributed by atoms with van der Waals surface area (Å²) in [5, 5.41) is 19.6. The number of hydrogen-bond donors (Lipinski definition) is 0. The van der Waals surface area contributed by atoms with Gasteiger partial charge in [0.2, 0.25) is 0 Å². The molecule has 6 heterocycles. The van der Waals surface area contributed by atoms with Gasteiger partial charge in [0, 0.05) is 98.4 Å². The quantitative estimate of drug-likeness (QED) is 0.0872. The Kier molecular flexibility index (Phi) is 22.1. The Hall–Kier alpha value is -19.6. The molecule has 0 atom stereocenters. The maximum absolute atomic E-state index is 8.63. The molecular weight excluding hydrogens is 1770 g/mol. The molecule has 0 aliphatic rings. The van der Waals surface area contributed by atoms with Crippen LogP contribution in [0.1, 0.15) is 6.85 Å². The molecule has 21 aromatic carbocycles. The molecule has 0 unspecified atom stereocenters. The molecule has 0 N–H and O–H groups in total. The zero-order valence-electron chi connectivity index (χ0n) is 84.0. The van der Waals surface area contributed by atoms with E-state index in [1.165, 1.54) is 97.7 Å². The molecular formula is C137H89N9. The van der Waals surface area contributed by atoms with E-state index in [1.807, 2.05) is 97.3 Å². The van der Waals surface area contributed by atoms with Crippen LogP contribution in [0.5, 0.6) is 0 Å². The van der Waals surface area contributed by atoms with Gasteiger partial charge in [-0.3, -0.25) is 15.0 Å². The third-order valence-electron chi connectivity index (χ3n) is 27.4. The van der Waals surface area contributed by atoms with Gasteiger partial charge in [-0.2, -0.15) is 0 Å². The van der Waals surface area contributed by atoms with E-state index >= 15 is 0 Å². The minimum Gasteiger partial charge on any atom is -0.264 e. The molecule has 9 nitrogen and oxygen atoms in total.